The number of hydrogen-bond acceptors (Lipinski definition) is 4. The lowest BCUT2D eigenvalue weighted by molar-refractivity contribution is -0.132. The lowest BCUT2D eigenvalue weighted by Gasteiger charge is -2.35. The van der Waals surface area contributed by atoms with E-state index in [1.54, 1.807) is 0 Å². The maximum absolute atomic E-state index is 12.4. The first-order chi connectivity index (χ1) is 8.44. The number of carbonyl (C=O) groups is 2. The normalized spacial score (nSPS) is 23.5. The summed E-state index contributed by atoms with van der Waals surface area (Å²) >= 11 is 4.77. The number of carbonyl (C=O) groups excluding carboxylic acids is 2. The lowest BCUT2D eigenvalue weighted by atomic mass is 9.87. The van der Waals surface area contributed by atoms with Crippen LogP contribution in [-0.2, 0) is 4.79 Å². The van der Waals surface area contributed by atoms with Gasteiger partial charge in [0.05, 0.1) is 4.99 Å². The van der Waals surface area contributed by atoms with Gasteiger partial charge in [0.2, 0.25) is 0 Å². The Morgan fingerprint density at radius 2 is 2.06 bits per heavy atom. The van der Waals surface area contributed by atoms with E-state index < -0.39 is 5.54 Å². The van der Waals surface area contributed by atoms with Crippen molar-refractivity contribution in [1.29, 1.82) is 0 Å². The molecule has 0 atom stereocenters. The molecule has 0 unspecified atom stereocenters. The SMILES string of the molecule is CN1CCC2(CC1)NC(=O)N(CCC(N)=S)C2=O. The maximum Gasteiger partial charge on any atom is 0.325 e. The molecule has 2 heterocycles. The average molecular weight is 270 g/mol. The average Bonchev–Trinajstić information content (AvgIpc) is 2.53. The fourth-order valence-electron chi connectivity index (χ4n) is 2.44. The zero-order chi connectivity index (χ0) is 13.3. The summed E-state index contributed by atoms with van der Waals surface area (Å²) in [5, 5.41) is 2.84. The predicted octanol–water partition coefficient (Wildman–Crippen LogP) is -0.321. The van der Waals surface area contributed by atoms with Gasteiger partial charge >= 0.3 is 6.03 Å². The van der Waals surface area contributed by atoms with E-state index in [4.69, 9.17) is 18.0 Å². The highest BCUT2D eigenvalue weighted by molar-refractivity contribution is 7.80. The molecule has 0 aromatic heterocycles. The molecule has 0 saturated carbocycles. The van der Waals surface area contributed by atoms with Gasteiger partial charge in [0, 0.05) is 26.1 Å². The molecule has 0 aromatic rings. The Labute approximate surface area is 111 Å². The molecule has 100 valence electrons. The number of rotatable bonds is 3. The Bertz CT molecular complexity index is 391. The number of imide groups is 1. The third-order valence-electron chi connectivity index (χ3n) is 3.67. The van der Waals surface area contributed by atoms with Gasteiger partial charge < -0.3 is 16.0 Å². The summed E-state index contributed by atoms with van der Waals surface area (Å²) < 4.78 is 0. The van der Waals surface area contributed by atoms with E-state index in [0.29, 0.717) is 24.3 Å². The minimum absolute atomic E-state index is 0.128. The van der Waals surface area contributed by atoms with Crippen LogP contribution in [0.15, 0.2) is 0 Å². The molecule has 2 rings (SSSR count). The Hall–Kier alpha value is -1.21. The second kappa shape index (κ2) is 4.81. The number of hydrogen-bond donors (Lipinski definition) is 2. The van der Waals surface area contributed by atoms with Crippen LogP contribution in [0.1, 0.15) is 19.3 Å². The summed E-state index contributed by atoms with van der Waals surface area (Å²) in [5.74, 6) is -0.128. The fraction of sp³-hybridized carbons (Fsp3) is 0.727. The fourth-order valence-corrected chi connectivity index (χ4v) is 2.53. The van der Waals surface area contributed by atoms with Crippen LogP contribution in [0.4, 0.5) is 4.79 Å². The molecule has 6 nitrogen and oxygen atoms in total. The van der Waals surface area contributed by atoms with Gasteiger partial charge in [0.1, 0.15) is 5.54 Å². The Kier molecular flexibility index (Phi) is 3.54. The zero-order valence-corrected chi connectivity index (χ0v) is 11.3. The van der Waals surface area contributed by atoms with E-state index in [1.165, 1.54) is 4.90 Å². The van der Waals surface area contributed by atoms with Gasteiger partial charge in [0.25, 0.3) is 5.91 Å². The van der Waals surface area contributed by atoms with Crippen molar-refractivity contribution >= 4 is 29.1 Å². The summed E-state index contributed by atoms with van der Waals surface area (Å²) in [6.45, 7) is 1.90. The van der Waals surface area contributed by atoms with E-state index in [0.717, 1.165) is 13.1 Å². The summed E-state index contributed by atoms with van der Waals surface area (Å²) in [5.41, 5.74) is 4.71. The van der Waals surface area contributed by atoms with Crippen molar-refractivity contribution in [2.75, 3.05) is 26.7 Å². The van der Waals surface area contributed by atoms with Gasteiger partial charge in [-0.05, 0) is 19.9 Å². The van der Waals surface area contributed by atoms with Crippen LogP contribution in [0.5, 0.6) is 0 Å². The van der Waals surface area contributed by atoms with Crippen LogP contribution in [0, 0.1) is 0 Å². The molecule has 3 amide bonds. The van der Waals surface area contributed by atoms with Crippen LogP contribution in [0.3, 0.4) is 0 Å². The van der Waals surface area contributed by atoms with Crippen LogP contribution in [0.25, 0.3) is 0 Å². The summed E-state index contributed by atoms with van der Waals surface area (Å²) in [4.78, 5) is 27.9. The molecule has 7 heteroatoms. The molecule has 2 saturated heterocycles. The van der Waals surface area contributed by atoms with Gasteiger partial charge in [-0.3, -0.25) is 9.69 Å². The van der Waals surface area contributed by atoms with Gasteiger partial charge in [-0.15, -0.1) is 0 Å². The van der Waals surface area contributed by atoms with E-state index in [2.05, 4.69) is 10.2 Å². The largest absolute Gasteiger partial charge is 0.393 e. The Balaban J connectivity index is 2.06. The maximum atomic E-state index is 12.4. The number of thiocarbonyl (C=S) groups is 1. The molecule has 2 fully saturated rings. The molecule has 18 heavy (non-hydrogen) atoms. The summed E-state index contributed by atoms with van der Waals surface area (Å²) in [6.07, 6.45) is 1.71. The highest BCUT2D eigenvalue weighted by atomic mass is 32.1. The topological polar surface area (TPSA) is 78.7 Å². The van der Waals surface area contributed by atoms with Gasteiger partial charge in [-0.2, -0.15) is 0 Å². The molecule has 0 bridgehead atoms. The standard InChI is InChI=1S/C11H18N4O2S/c1-14-6-3-11(4-7-14)9(16)15(10(17)13-11)5-2-8(12)18/h2-7H2,1H3,(H2,12,18)(H,13,17). The van der Waals surface area contributed by atoms with Crippen molar-refractivity contribution < 1.29 is 9.59 Å². The first-order valence-electron chi connectivity index (χ1n) is 6.05. The summed E-state index contributed by atoms with van der Waals surface area (Å²) in [6, 6.07) is -0.319. The number of nitrogens with two attached hydrogens (primary N) is 1. The van der Waals surface area contributed by atoms with Crippen LogP contribution < -0.4 is 11.1 Å². The Morgan fingerprint density at radius 3 is 2.61 bits per heavy atom. The third kappa shape index (κ3) is 2.32. The van der Waals surface area contributed by atoms with Crippen molar-refractivity contribution in [2.45, 2.75) is 24.8 Å². The second-order valence-electron chi connectivity index (χ2n) is 4.99. The number of urea groups is 1. The minimum atomic E-state index is -0.695. The van der Waals surface area contributed by atoms with Crippen LogP contribution in [-0.4, -0.2) is 58.9 Å². The van der Waals surface area contributed by atoms with Crippen molar-refractivity contribution in [2.24, 2.45) is 5.73 Å². The molecule has 2 aliphatic heterocycles. The van der Waals surface area contributed by atoms with Gasteiger partial charge in [-0.1, -0.05) is 12.2 Å². The van der Waals surface area contributed by atoms with Crippen molar-refractivity contribution in [3.8, 4) is 0 Å². The highest BCUT2D eigenvalue weighted by Crippen LogP contribution is 2.28. The molecular formula is C11H18N4O2S. The van der Waals surface area contributed by atoms with Crippen molar-refractivity contribution in [3.63, 3.8) is 0 Å². The Morgan fingerprint density at radius 1 is 1.44 bits per heavy atom. The lowest BCUT2D eigenvalue weighted by Crippen LogP contribution is -2.54. The minimum Gasteiger partial charge on any atom is -0.393 e. The highest BCUT2D eigenvalue weighted by Gasteiger charge is 2.51. The monoisotopic (exact) mass is 270 g/mol. The first-order valence-corrected chi connectivity index (χ1v) is 6.46. The number of piperidine rings is 1. The molecule has 0 radical (unpaired) electrons. The number of nitrogens with one attached hydrogen (secondary N) is 1. The van der Waals surface area contributed by atoms with Crippen molar-refractivity contribution in [3.05, 3.63) is 0 Å². The second-order valence-corrected chi connectivity index (χ2v) is 5.51. The van der Waals surface area contributed by atoms with Crippen LogP contribution >= 0.6 is 12.2 Å². The molecule has 1 spiro atoms. The van der Waals surface area contributed by atoms with Gasteiger partial charge in [-0.25, -0.2) is 4.79 Å². The third-order valence-corrected chi connectivity index (χ3v) is 3.87. The number of amides is 3. The number of likely N-dealkylation sites (tertiary alicyclic amines) is 1. The van der Waals surface area contributed by atoms with Gasteiger partial charge in [0.15, 0.2) is 0 Å². The molecular weight excluding hydrogens is 252 g/mol. The zero-order valence-electron chi connectivity index (χ0n) is 10.4. The summed E-state index contributed by atoms with van der Waals surface area (Å²) in [7, 11) is 2.01. The van der Waals surface area contributed by atoms with Crippen LogP contribution in [0.2, 0.25) is 0 Å². The molecule has 0 aliphatic carbocycles. The smallest absolute Gasteiger partial charge is 0.325 e. The number of nitrogens with zero attached hydrogens (tertiary/aromatic N) is 2. The molecule has 2 aliphatic rings. The van der Waals surface area contributed by atoms with E-state index in [1.807, 2.05) is 7.05 Å². The van der Waals surface area contributed by atoms with E-state index >= 15 is 0 Å². The first kappa shape index (κ1) is 13.2. The molecule has 0 aromatic carbocycles. The van der Waals surface area contributed by atoms with E-state index in [-0.39, 0.29) is 18.5 Å². The van der Waals surface area contributed by atoms with Crippen molar-refractivity contribution in [1.82, 2.24) is 15.1 Å². The quantitative estimate of drug-likeness (QED) is 0.543. The molecule has 3 N–H and O–H groups in total. The van der Waals surface area contributed by atoms with E-state index in [9.17, 15) is 9.59 Å². The predicted molar refractivity (Wildman–Crippen MR) is 71.1 cm³/mol.